The van der Waals surface area contributed by atoms with Gasteiger partial charge in [-0.05, 0) is 42.0 Å². The van der Waals surface area contributed by atoms with E-state index in [0.29, 0.717) is 10.9 Å². The molecule has 0 aliphatic rings. The fourth-order valence-electron chi connectivity index (χ4n) is 2.24. The van der Waals surface area contributed by atoms with Crippen LogP contribution >= 0.6 is 11.8 Å². The van der Waals surface area contributed by atoms with E-state index in [1.54, 1.807) is 30.5 Å². The van der Waals surface area contributed by atoms with Crippen LogP contribution in [0.4, 0.5) is 5.69 Å². The van der Waals surface area contributed by atoms with Gasteiger partial charge in [-0.1, -0.05) is 44.2 Å². The summed E-state index contributed by atoms with van der Waals surface area (Å²) in [6.07, 6.45) is 1.74. The Kier molecular flexibility index (Phi) is 6.29. The van der Waals surface area contributed by atoms with Crippen molar-refractivity contribution in [1.82, 2.24) is 0 Å². The lowest BCUT2D eigenvalue weighted by Crippen LogP contribution is -2.10. The van der Waals surface area contributed by atoms with E-state index >= 15 is 0 Å². The monoisotopic (exact) mass is 372 g/mol. The van der Waals surface area contributed by atoms with E-state index in [4.69, 9.17) is 0 Å². The molecule has 0 bridgehead atoms. The Morgan fingerprint density at radius 1 is 1.08 bits per heavy atom. The number of para-hydroxylation sites is 1. The summed E-state index contributed by atoms with van der Waals surface area (Å²) in [7, 11) is -3.89. The van der Waals surface area contributed by atoms with Crippen LogP contribution in [0.25, 0.3) is 0 Å². The first kappa shape index (κ1) is 19.1. The van der Waals surface area contributed by atoms with Crippen molar-refractivity contribution in [2.45, 2.75) is 24.7 Å². The molecule has 0 fully saturated rings. The van der Waals surface area contributed by atoms with Crippen LogP contribution in [0, 0.1) is 11.3 Å². The lowest BCUT2D eigenvalue weighted by molar-refractivity contribution is 0.603. The number of thioether (sulfide) groups is 1. The fraction of sp³-hybridized carbons (Fsp3) is 0.211. The van der Waals surface area contributed by atoms with Crippen molar-refractivity contribution in [3.05, 3.63) is 70.1 Å². The van der Waals surface area contributed by atoms with Gasteiger partial charge in [0.2, 0.25) is 9.84 Å². The third-order valence-corrected chi connectivity index (χ3v) is 6.24. The summed E-state index contributed by atoms with van der Waals surface area (Å²) in [6.45, 7) is 4.08. The predicted molar refractivity (Wildman–Crippen MR) is 104 cm³/mol. The smallest absolute Gasteiger partial charge is 0.219 e. The topological polar surface area (TPSA) is 70.0 Å². The van der Waals surface area contributed by atoms with Gasteiger partial charge in [-0.15, -0.1) is 11.8 Å². The maximum atomic E-state index is 12.9. The Balaban J connectivity index is 2.47. The molecular weight excluding hydrogens is 352 g/mol. The molecule has 4 nitrogen and oxygen atoms in total. The second-order valence-corrected chi connectivity index (χ2v) is 8.40. The third kappa shape index (κ3) is 4.44. The van der Waals surface area contributed by atoms with Gasteiger partial charge in [-0.25, -0.2) is 8.42 Å². The van der Waals surface area contributed by atoms with Crippen LogP contribution in [0.2, 0.25) is 0 Å². The predicted octanol–water partition coefficient (Wildman–Crippen LogP) is 4.75. The van der Waals surface area contributed by atoms with Gasteiger partial charge in [0.15, 0.2) is 4.91 Å². The van der Waals surface area contributed by atoms with Crippen molar-refractivity contribution in [2.75, 3.05) is 11.6 Å². The molecule has 2 rings (SSSR count). The number of nitriles is 1. The highest BCUT2D eigenvalue weighted by Crippen LogP contribution is 2.28. The van der Waals surface area contributed by atoms with Gasteiger partial charge < -0.3 is 5.32 Å². The van der Waals surface area contributed by atoms with Crippen molar-refractivity contribution in [3.8, 4) is 6.07 Å². The maximum absolute atomic E-state index is 12.9. The molecule has 0 aromatic heterocycles. The second-order valence-electron chi connectivity index (χ2n) is 5.69. The molecule has 0 unspecified atom stereocenters. The van der Waals surface area contributed by atoms with Crippen LogP contribution in [-0.4, -0.2) is 14.7 Å². The molecule has 0 atom stereocenters. The number of hydrogen-bond acceptors (Lipinski definition) is 5. The van der Waals surface area contributed by atoms with E-state index in [1.807, 2.05) is 50.2 Å². The summed E-state index contributed by atoms with van der Waals surface area (Å²) >= 11 is 1.19. The van der Waals surface area contributed by atoms with Crippen LogP contribution in [0.1, 0.15) is 25.3 Å². The fourth-order valence-corrected chi connectivity index (χ4v) is 4.41. The van der Waals surface area contributed by atoms with Crippen molar-refractivity contribution >= 4 is 27.3 Å². The molecule has 0 heterocycles. The number of anilines is 1. The van der Waals surface area contributed by atoms with Crippen molar-refractivity contribution in [3.63, 3.8) is 0 Å². The molecule has 1 N–H and O–H groups in total. The summed E-state index contributed by atoms with van der Waals surface area (Å²) in [5.74, 6) is 0.309. The minimum absolute atomic E-state index is 0.120. The molecular formula is C19H20N2O2S2. The molecule has 2 aromatic rings. The maximum Gasteiger partial charge on any atom is 0.219 e. The van der Waals surface area contributed by atoms with E-state index in [-0.39, 0.29) is 9.80 Å². The second kappa shape index (κ2) is 8.24. The first-order valence-electron chi connectivity index (χ1n) is 7.75. The van der Waals surface area contributed by atoms with E-state index in [1.165, 1.54) is 11.8 Å². The first-order chi connectivity index (χ1) is 11.9. The molecule has 0 amide bonds. The SMILES string of the molecule is CS/C(Nc1ccccc1)=C(\C#N)S(=O)(=O)c1ccc(C(C)C)cc1. The van der Waals surface area contributed by atoms with Gasteiger partial charge in [0.1, 0.15) is 11.1 Å². The minimum atomic E-state index is -3.89. The van der Waals surface area contributed by atoms with E-state index in [2.05, 4.69) is 5.32 Å². The van der Waals surface area contributed by atoms with Crippen LogP contribution < -0.4 is 5.32 Å². The average Bonchev–Trinajstić information content (AvgIpc) is 2.62. The van der Waals surface area contributed by atoms with Gasteiger partial charge in [0.25, 0.3) is 0 Å². The Morgan fingerprint density at radius 3 is 2.16 bits per heavy atom. The number of rotatable bonds is 6. The summed E-state index contributed by atoms with van der Waals surface area (Å²) < 4.78 is 25.8. The van der Waals surface area contributed by atoms with Gasteiger partial charge in [0.05, 0.1) is 4.90 Å². The summed E-state index contributed by atoms with van der Waals surface area (Å²) in [4.78, 5) is -0.156. The lowest BCUT2D eigenvalue weighted by Gasteiger charge is -2.12. The summed E-state index contributed by atoms with van der Waals surface area (Å²) in [6, 6.07) is 17.7. The molecule has 0 aliphatic heterocycles. The quantitative estimate of drug-likeness (QED) is 0.741. The molecule has 0 spiro atoms. The van der Waals surface area contributed by atoms with Gasteiger partial charge >= 0.3 is 0 Å². The Morgan fingerprint density at radius 2 is 1.68 bits per heavy atom. The number of hydrogen-bond donors (Lipinski definition) is 1. The number of sulfone groups is 1. The molecule has 0 saturated carbocycles. The molecule has 0 radical (unpaired) electrons. The van der Waals surface area contributed by atoms with Crippen molar-refractivity contribution < 1.29 is 8.42 Å². The molecule has 6 heteroatoms. The van der Waals surface area contributed by atoms with Crippen LogP contribution in [0.5, 0.6) is 0 Å². The zero-order chi connectivity index (χ0) is 18.4. The highest BCUT2D eigenvalue weighted by Gasteiger charge is 2.25. The molecule has 130 valence electrons. The lowest BCUT2D eigenvalue weighted by atomic mass is 10.0. The zero-order valence-electron chi connectivity index (χ0n) is 14.4. The normalized spacial score (nSPS) is 12.4. The van der Waals surface area contributed by atoms with E-state index in [0.717, 1.165) is 11.3 Å². The summed E-state index contributed by atoms with van der Waals surface area (Å²) in [5, 5.41) is 12.8. The minimum Gasteiger partial charge on any atom is -0.349 e. The van der Waals surface area contributed by atoms with E-state index < -0.39 is 9.84 Å². The molecule has 0 aliphatic carbocycles. The van der Waals surface area contributed by atoms with Crippen molar-refractivity contribution in [1.29, 1.82) is 5.26 Å². The van der Waals surface area contributed by atoms with E-state index in [9.17, 15) is 13.7 Å². The largest absolute Gasteiger partial charge is 0.349 e. The molecule has 25 heavy (non-hydrogen) atoms. The standard InChI is InChI=1S/C19H20N2O2S2/c1-14(2)15-9-11-17(12-10-15)25(22,23)18(13-20)19(24-3)21-16-7-5-4-6-8-16/h4-12,14,21H,1-3H3/b19-18+. The molecule has 0 saturated heterocycles. The Bertz CT molecular complexity index is 895. The first-order valence-corrected chi connectivity index (χ1v) is 10.5. The zero-order valence-corrected chi connectivity index (χ0v) is 16.0. The van der Waals surface area contributed by atoms with Gasteiger partial charge in [-0.2, -0.15) is 5.26 Å². The third-order valence-electron chi connectivity index (χ3n) is 3.67. The van der Waals surface area contributed by atoms with Crippen LogP contribution in [0.15, 0.2) is 69.4 Å². The number of nitrogens with one attached hydrogen (secondary N) is 1. The van der Waals surface area contributed by atoms with Gasteiger partial charge in [-0.3, -0.25) is 0 Å². The highest BCUT2D eigenvalue weighted by atomic mass is 32.2. The van der Waals surface area contributed by atoms with Crippen molar-refractivity contribution in [2.24, 2.45) is 0 Å². The number of benzene rings is 2. The number of nitrogens with zero attached hydrogens (tertiary/aromatic N) is 1. The molecule has 2 aromatic carbocycles. The highest BCUT2D eigenvalue weighted by molar-refractivity contribution is 8.04. The summed E-state index contributed by atoms with van der Waals surface area (Å²) in [5.41, 5.74) is 1.78. The Hall–Kier alpha value is -2.23. The number of allylic oxidation sites excluding steroid dienone is 1. The average molecular weight is 373 g/mol. The Labute approximate surface area is 153 Å². The van der Waals surface area contributed by atoms with Crippen LogP contribution in [-0.2, 0) is 9.84 Å². The van der Waals surface area contributed by atoms with Gasteiger partial charge in [0, 0.05) is 5.69 Å². The van der Waals surface area contributed by atoms with Crippen LogP contribution in [0.3, 0.4) is 0 Å².